The zero-order valence-corrected chi connectivity index (χ0v) is 13.5. The second kappa shape index (κ2) is 13.0. The highest BCUT2D eigenvalue weighted by atomic mass is 16.4. The molecule has 0 aromatic carbocycles. The maximum atomic E-state index is 11.7. The number of carbonyl (C=O) groups is 3. The molecule has 0 spiro atoms. The van der Waals surface area contributed by atoms with E-state index in [-0.39, 0.29) is 5.92 Å². The van der Waals surface area contributed by atoms with Crippen molar-refractivity contribution in [3.8, 4) is 0 Å². The molecule has 0 aliphatic heterocycles. The van der Waals surface area contributed by atoms with E-state index >= 15 is 0 Å². The van der Waals surface area contributed by atoms with Gasteiger partial charge in [-0.1, -0.05) is 20.3 Å². The van der Waals surface area contributed by atoms with E-state index in [0.29, 0.717) is 19.4 Å². The van der Waals surface area contributed by atoms with E-state index in [1.54, 1.807) is 0 Å². The van der Waals surface area contributed by atoms with Gasteiger partial charge in [-0.2, -0.15) is 0 Å². The second-order valence-corrected chi connectivity index (χ2v) is 5.44. The highest BCUT2D eigenvalue weighted by Gasteiger charge is 2.23. The highest BCUT2D eigenvalue weighted by molar-refractivity contribution is 5.86. The van der Waals surface area contributed by atoms with Crippen molar-refractivity contribution >= 4 is 17.8 Å². The number of unbranched alkanes of at least 4 members (excludes halogenated alkanes) is 1. The van der Waals surface area contributed by atoms with Gasteiger partial charge in [-0.15, -0.1) is 0 Å². The van der Waals surface area contributed by atoms with Gasteiger partial charge in [-0.25, -0.2) is 4.79 Å². The summed E-state index contributed by atoms with van der Waals surface area (Å²) in [7, 11) is 0. The third-order valence-electron chi connectivity index (χ3n) is 2.63. The summed E-state index contributed by atoms with van der Waals surface area (Å²) in [4.78, 5) is 31.7. The molecule has 22 heavy (non-hydrogen) atoms. The number of amides is 1. The van der Waals surface area contributed by atoms with E-state index in [1.807, 2.05) is 13.8 Å². The Labute approximate surface area is 131 Å². The van der Waals surface area contributed by atoms with Gasteiger partial charge in [0.05, 0.1) is 6.04 Å². The fourth-order valence-electron chi connectivity index (χ4n) is 1.61. The number of nitrogens with two attached hydrogens (primary N) is 2. The number of hydrogen-bond donors (Lipinski definition) is 5. The maximum Gasteiger partial charge on any atom is 0.326 e. The molecule has 7 N–H and O–H groups in total. The summed E-state index contributed by atoms with van der Waals surface area (Å²) in [5.74, 6) is -2.06. The first kappa shape index (κ1) is 22.6. The summed E-state index contributed by atoms with van der Waals surface area (Å²) in [5.41, 5.74) is 11.0. The van der Waals surface area contributed by atoms with Gasteiger partial charge in [0.2, 0.25) is 5.91 Å². The van der Waals surface area contributed by atoms with Gasteiger partial charge >= 0.3 is 5.97 Å². The minimum Gasteiger partial charge on any atom is -0.481 e. The van der Waals surface area contributed by atoms with E-state index in [4.69, 9.17) is 26.5 Å². The summed E-state index contributed by atoms with van der Waals surface area (Å²) < 4.78 is 0. The molecule has 0 aromatic heterocycles. The molecule has 0 heterocycles. The van der Waals surface area contributed by atoms with Gasteiger partial charge in [-0.3, -0.25) is 9.59 Å². The van der Waals surface area contributed by atoms with Crippen LogP contribution in [-0.2, 0) is 14.4 Å². The van der Waals surface area contributed by atoms with Crippen molar-refractivity contribution in [3.05, 3.63) is 0 Å². The summed E-state index contributed by atoms with van der Waals surface area (Å²) in [5, 5.41) is 18.9. The number of carbonyl (C=O) groups excluding carboxylic acids is 1. The predicted octanol–water partition coefficient (Wildman–Crippen LogP) is 0.149. The lowest BCUT2D eigenvalue weighted by molar-refractivity contribution is -0.142. The first-order chi connectivity index (χ1) is 10.1. The minimum atomic E-state index is -1.02. The third-order valence-corrected chi connectivity index (χ3v) is 2.63. The standard InChI is InChI=1S/C12H25N3O3.C2H4O2/c1-8(2)7-10(12(17)18)15-11(16)9(14)5-3-4-6-13;1-2(3)4/h8-10H,3-7,13-14H2,1-2H3,(H,15,16)(H,17,18);1H3,(H,3,4)/t9-,10-;/m0./s1. The van der Waals surface area contributed by atoms with Crippen molar-refractivity contribution in [1.82, 2.24) is 5.32 Å². The predicted molar refractivity (Wildman–Crippen MR) is 83.2 cm³/mol. The first-order valence-electron chi connectivity index (χ1n) is 7.30. The number of aliphatic carboxylic acids is 2. The quantitative estimate of drug-likeness (QED) is 0.379. The van der Waals surface area contributed by atoms with Crippen LogP contribution in [0.5, 0.6) is 0 Å². The number of carboxylic acids is 2. The Morgan fingerprint density at radius 3 is 2.00 bits per heavy atom. The van der Waals surface area contributed by atoms with Crippen LogP contribution >= 0.6 is 0 Å². The largest absolute Gasteiger partial charge is 0.481 e. The van der Waals surface area contributed by atoms with E-state index in [0.717, 1.165) is 19.8 Å². The van der Waals surface area contributed by atoms with Gasteiger partial charge < -0.3 is 27.0 Å². The van der Waals surface area contributed by atoms with Gasteiger partial charge in [0.25, 0.3) is 5.97 Å². The molecule has 0 aliphatic rings. The molecule has 0 saturated carbocycles. The first-order valence-corrected chi connectivity index (χ1v) is 7.30. The van der Waals surface area contributed by atoms with Crippen LogP contribution in [0.2, 0.25) is 0 Å². The van der Waals surface area contributed by atoms with Crippen LogP contribution in [0.1, 0.15) is 46.5 Å². The van der Waals surface area contributed by atoms with Crippen LogP contribution in [0.3, 0.4) is 0 Å². The van der Waals surface area contributed by atoms with Crippen LogP contribution in [-0.4, -0.2) is 46.7 Å². The molecule has 0 aliphatic carbocycles. The van der Waals surface area contributed by atoms with E-state index in [2.05, 4.69) is 5.32 Å². The van der Waals surface area contributed by atoms with Crippen LogP contribution in [0, 0.1) is 5.92 Å². The van der Waals surface area contributed by atoms with Crippen molar-refractivity contribution in [1.29, 1.82) is 0 Å². The molecule has 0 unspecified atom stereocenters. The van der Waals surface area contributed by atoms with Crippen LogP contribution in [0.15, 0.2) is 0 Å². The molecule has 0 saturated heterocycles. The molecule has 0 bridgehead atoms. The van der Waals surface area contributed by atoms with Crippen LogP contribution in [0.4, 0.5) is 0 Å². The Morgan fingerprint density at radius 1 is 1.14 bits per heavy atom. The molecule has 0 rings (SSSR count). The molecule has 8 heteroatoms. The number of carboxylic acid groups (broad SMARTS) is 2. The van der Waals surface area contributed by atoms with E-state index < -0.39 is 29.9 Å². The van der Waals surface area contributed by atoms with E-state index in [1.165, 1.54) is 0 Å². The monoisotopic (exact) mass is 319 g/mol. The SMILES string of the molecule is CC(=O)O.CC(C)C[C@H](NC(=O)[C@@H](N)CCCCN)C(=O)O. The molecule has 0 radical (unpaired) electrons. The third kappa shape index (κ3) is 14.7. The number of hydrogen-bond acceptors (Lipinski definition) is 5. The number of rotatable bonds is 9. The molecule has 130 valence electrons. The van der Waals surface area contributed by atoms with Crippen molar-refractivity contribution in [2.75, 3.05) is 6.54 Å². The average molecular weight is 319 g/mol. The summed E-state index contributed by atoms with van der Waals surface area (Å²) in [6.45, 7) is 5.46. The molecule has 0 aromatic rings. The van der Waals surface area contributed by atoms with E-state index in [9.17, 15) is 9.59 Å². The van der Waals surface area contributed by atoms with Crippen LogP contribution < -0.4 is 16.8 Å². The van der Waals surface area contributed by atoms with Crippen molar-refractivity contribution < 1.29 is 24.6 Å². The molecular formula is C14H29N3O5. The lowest BCUT2D eigenvalue weighted by Gasteiger charge is -2.19. The Bertz CT molecular complexity index is 343. The lowest BCUT2D eigenvalue weighted by atomic mass is 10.0. The topological polar surface area (TPSA) is 156 Å². The molecular weight excluding hydrogens is 290 g/mol. The molecule has 2 atom stereocenters. The molecule has 0 fully saturated rings. The normalized spacial score (nSPS) is 12.8. The zero-order chi connectivity index (χ0) is 17.7. The van der Waals surface area contributed by atoms with Crippen molar-refractivity contribution in [2.24, 2.45) is 17.4 Å². The Balaban J connectivity index is 0. The Morgan fingerprint density at radius 2 is 1.64 bits per heavy atom. The molecule has 8 nitrogen and oxygen atoms in total. The lowest BCUT2D eigenvalue weighted by Crippen LogP contribution is -2.48. The maximum absolute atomic E-state index is 11.7. The average Bonchev–Trinajstić information content (AvgIpc) is 2.36. The van der Waals surface area contributed by atoms with Crippen molar-refractivity contribution in [3.63, 3.8) is 0 Å². The minimum absolute atomic E-state index is 0.194. The van der Waals surface area contributed by atoms with Crippen LogP contribution in [0.25, 0.3) is 0 Å². The zero-order valence-electron chi connectivity index (χ0n) is 13.5. The fourth-order valence-corrected chi connectivity index (χ4v) is 1.61. The fraction of sp³-hybridized carbons (Fsp3) is 0.786. The number of nitrogens with one attached hydrogen (secondary N) is 1. The Kier molecular flexibility index (Phi) is 13.4. The smallest absolute Gasteiger partial charge is 0.326 e. The van der Waals surface area contributed by atoms with Crippen molar-refractivity contribution in [2.45, 2.75) is 58.5 Å². The highest BCUT2D eigenvalue weighted by Crippen LogP contribution is 2.06. The Hall–Kier alpha value is -1.67. The summed E-state index contributed by atoms with van der Waals surface area (Å²) >= 11 is 0. The summed E-state index contributed by atoms with van der Waals surface area (Å²) in [6, 6.07) is -1.52. The summed E-state index contributed by atoms with van der Waals surface area (Å²) in [6.07, 6.45) is 2.51. The van der Waals surface area contributed by atoms with Gasteiger partial charge in [-0.05, 0) is 31.7 Å². The van der Waals surface area contributed by atoms with Gasteiger partial charge in [0.1, 0.15) is 6.04 Å². The van der Waals surface area contributed by atoms with Gasteiger partial charge in [0.15, 0.2) is 0 Å². The van der Waals surface area contributed by atoms with Gasteiger partial charge in [0, 0.05) is 6.92 Å². The molecule has 1 amide bonds. The second-order valence-electron chi connectivity index (χ2n) is 5.44.